The minimum absolute atomic E-state index is 0.130. The minimum atomic E-state index is 0.130. The zero-order valence-electron chi connectivity index (χ0n) is 12.7. The Morgan fingerprint density at radius 3 is 2.75 bits per heavy atom. The zero-order chi connectivity index (χ0) is 14.8. The third kappa shape index (κ3) is 4.94. The molecule has 0 aliphatic rings. The van der Waals surface area contributed by atoms with E-state index in [0.29, 0.717) is 19.1 Å². The number of rotatable bonds is 10. The van der Waals surface area contributed by atoms with Crippen LogP contribution < -0.4 is 10.2 Å². The van der Waals surface area contributed by atoms with E-state index in [0.717, 1.165) is 30.8 Å². The van der Waals surface area contributed by atoms with Crippen LogP contribution in [0.15, 0.2) is 31.0 Å². The normalized spacial score (nSPS) is 12.2. The highest BCUT2D eigenvalue weighted by Gasteiger charge is 2.11. The molecule has 0 spiro atoms. The molecule has 0 saturated carbocycles. The molecule has 0 radical (unpaired) electrons. The number of hydrogen-bond donors (Lipinski definition) is 2. The summed E-state index contributed by atoms with van der Waals surface area (Å²) in [5, 5.41) is 12.6. The van der Waals surface area contributed by atoms with Crippen molar-refractivity contribution in [2.45, 2.75) is 32.7 Å². The van der Waals surface area contributed by atoms with Crippen LogP contribution in [0.3, 0.4) is 0 Å². The van der Waals surface area contributed by atoms with E-state index in [1.807, 2.05) is 12.3 Å². The highest BCUT2D eigenvalue weighted by Crippen LogP contribution is 2.18. The Kier molecular flexibility index (Phi) is 7.92. The fraction of sp³-hybridized carbons (Fsp3) is 0.562. The van der Waals surface area contributed by atoms with Gasteiger partial charge in [-0.15, -0.1) is 6.58 Å². The summed E-state index contributed by atoms with van der Waals surface area (Å²) in [5.41, 5.74) is 2.10. The number of anilines is 1. The SMILES string of the molecule is C=CCN(CCO)c1ccc(C(CC)NCCC)nc1. The van der Waals surface area contributed by atoms with E-state index in [2.05, 4.69) is 47.8 Å². The summed E-state index contributed by atoms with van der Waals surface area (Å²) in [7, 11) is 0. The summed E-state index contributed by atoms with van der Waals surface area (Å²) in [6.07, 6.45) is 5.86. The number of nitrogens with one attached hydrogen (secondary N) is 1. The molecule has 1 atom stereocenters. The van der Waals surface area contributed by atoms with E-state index in [-0.39, 0.29) is 6.61 Å². The number of aliphatic hydroxyl groups is 1. The van der Waals surface area contributed by atoms with Gasteiger partial charge in [0, 0.05) is 19.1 Å². The van der Waals surface area contributed by atoms with E-state index in [9.17, 15) is 0 Å². The Balaban J connectivity index is 2.76. The first-order valence-electron chi connectivity index (χ1n) is 7.42. The summed E-state index contributed by atoms with van der Waals surface area (Å²) in [6, 6.07) is 4.45. The second-order valence-corrected chi connectivity index (χ2v) is 4.81. The molecule has 4 nitrogen and oxygen atoms in total. The molecular formula is C16H27N3O. The monoisotopic (exact) mass is 277 g/mol. The Morgan fingerprint density at radius 2 is 2.25 bits per heavy atom. The first-order valence-corrected chi connectivity index (χ1v) is 7.42. The molecule has 0 bridgehead atoms. The quantitative estimate of drug-likeness (QED) is 0.645. The standard InChI is InChI=1S/C16H27N3O/c1-4-9-17-15(6-3)16-8-7-14(13-18-16)19(10-5-2)11-12-20/h5,7-8,13,15,17,20H,2,4,6,9-12H2,1,3H3. The van der Waals surface area contributed by atoms with Crippen LogP contribution in [-0.4, -0.2) is 36.3 Å². The molecule has 2 N–H and O–H groups in total. The van der Waals surface area contributed by atoms with Crippen molar-refractivity contribution >= 4 is 5.69 Å². The average Bonchev–Trinajstić information content (AvgIpc) is 2.48. The molecule has 1 aromatic rings. The van der Waals surface area contributed by atoms with Gasteiger partial charge in [0.05, 0.1) is 24.2 Å². The summed E-state index contributed by atoms with van der Waals surface area (Å²) >= 11 is 0. The van der Waals surface area contributed by atoms with Crippen LogP contribution in [0.25, 0.3) is 0 Å². The Morgan fingerprint density at radius 1 is 1.45 bits per heavy atom. The first-order chi connectivity index (χ1) is 9.76. The third-order valence-corrected chi connectivity index (χ3v) is 3.26. The van der Waals surface area contributed by atoms with Gasteiger partial charge in [0.15, 0.2) is 0 Å². The Labute approximate surface area is 122 Å². The number of pyridine rings is 1. The van der Waals surface area contributed by atoms with Gasteiger partial charge in [-0.1, -0.05) is 19.9 Å². The van der Waals surface area contributed by atoms with E-state index in [4.69, 9.17) is 5.11 Å². The van der Waals surface area contributed by atoms with Crippen molar-refractivity contribution in [3.05, 3.63) is 36.7 Å². The van der Waals surface area contributed by atoms with Crippen molar-refractivity contribution in [1.82, 2.24) is 10.3 Å². The summed E-state index contributed by atoms with van der Waals surface area (Å²) < 4.78 is 0. The highest BCUT2D eigenvalue weighted by atomic mass is 16.3. The van der Waals surface area contributed by atoms with Crippen molar-refractivity contribution in [3.8, 4) is 0 Å². The van der Waals surface area contributed by atoms with E-state index in [1.165, 1.54) is 0 Å². The number of nitrogens with zero attached hydrogens (tertiary/aromatic N) is 2. The molecule has 1 heterocycles. The summed E-state index contributed by atoms with van der Waals surface area (Å²) in [6.45, 7) is 10.5. The smallest absolute Gasteiger partial charge is 0.0606 e. The lowest BCUT2D eigenvalue weighted by Crippen LogP contribution is -2.27. The maximum Gasteiger partial charge on any atom is 0.0606 e. The van der Waals surface area contributed by atoms with Crippen LogP contribution in [0.2, 0.25) is 0 Å². The van der Waals surface area contributed by atoms with Gasteiger partial charge < -0.3 is 15.3 Å². The molecule has 112 valence electrons. The Hall–Kier alpha value is -1.39. The molecule has 0 aliphatic heterocycles. The lowest BCUT2D eigenvalue weighted by Gasteiger charge is -2.23. The number of aromatic nitrogens is 1. The van der Waals surface area contributed by atoms with Gasteiger partial charge in [-0.3, -0.25) is 4.98 Å². The van der Waals surface area contributed by atoms with Crippen LogP contribution in [0, 0.1) is 0 Å². The predicted molar refractivity (Wildman–Crippen MR) is 85.1 cm³/mol. The lowest BCUT2D eigenvalue weighted by atomic mass is 10.1. The zero-order valence-corrected chi connectivity index (χ0v) is 12.7. The van der Waals surface area contributed by atoms with Gasteiger partial charge in [0.1, 0.15) is 0 Å². The molecule has 0 saturated heterocycles. The van der Waals surface area contributed by atoms with Crippen LogP contribution in [0.4, 0.5) is 5.69 Å². The van der Waals surface area contributed by atoms with Gasteiger partial charge in [-0.25, -0.2) is 0 Å². The van der Waals surface area contributed by atoms with Crippen LogP contribution >= 0.6 is 0 Å². The van der Waals surface area contributed by atoms with Gasteiger partial charge in [0.2, 0.25) is 0 Å². The van der Waals surface area contributed by atoms with Crippen molar-refractivity contribution in [1.29, 1.82) is 0 Å². The largest absolute Gasteiger partial charge is 0.395 e. The van der Waals surface area contributed by atoms with Crippen LogP contribution in [0.5, 0.6) is 0 Å². The summed E-state index contributed by atoms with van der Waals surface area (Å²) in [5.74, 6) is 0. The maximum absolute atomic E-state index is 9.10. The van der Waals surface area contributed by atoms with E-state index in [1.54, 1.807) is 0 Å². The first kappa shape index (κ1) is 16.7. The van der Waals surface area contributed by atoms with Crippen LogP contribution in [-0.2, 0) is 0 Å². The molecule has 1 unspecified atom stereocenters. The molecule has 0 fully saturated rings. The Bertz CT molecular complexity index is 378. The highest BCUT2D eigenvalue weighted by molar-refractivity contribution is 5.45. The van der Waals surface area contributed by atoms with Gasteiger partial charge >= 0.3 is 0 Å². The fourth-order valence-corrected chi connectivity index (χ4v) is 2.17. The second-order valence-electron chi connectivity index (χ2n) is 4.81. The summed E-state index contributed by atoms with van der Waals surface area (Å²) in [4.78, 5) is 6.63. The van der Waals surface area contributed by atoms with Gasteiger partial charge in [-0.05, 0) is 31.5 Å². The van der Waals surface area contributed by atoms with Crippen molar-refractivity contribution in [3.63, 3.8) is 0 Å². The molecule has 0 aromatic carbocycles. The predicted octanol–water partition coefficient (Wildman–Crippen LogP) is 2.52. The lowest BCUT2D eigenvalue weighted by molar-refractivity contribution is 0.303. The van der Waals surface area contributed by atoms with Crippen LogP contribution in [0.1, 0.15) is 38.4 Å². The fourth-order valence-electron chi connectivity index (χ4n) is 2.17. The van der Waals surface area contributed by atoms with Crippen molar-refractivity contribution in [2.24, 2.45) is 0 Å². The van der Waals surface area contributed by atoms with Crippen molar-refractivity contribution in [2.75, 3.05) is 31.1 Å². The molecule has 4 heteroatoms. The molecule has 1 aromatic heterocycles. The maximum atomic E-state index is 9.10. The number of hydrogen-bond acceptors (Lipinski definition) is 4. The third-order valence-electron chi connectivity index (χ3n) is 3.26. The second kappa shape index (κ2) is 9.50. The molecule has 0 aliphatic carbocycles. The average molecular weight is 277 g/mol. The molecular weight excluding hydrogens is 250 g/mol. The topological polar surface area (TPSA) is 48.4 Å². The molecule has 20 heavy (non-hydrogen) atoms. The minimum Gasteiger partial charge on any atom is -0.395 e. The van der Waals surface area contributed by atoms with Gasteiger partial charge in [-0.2, -0.15) is 0 Å². The van der Waals surface area contributed by atoms with E-state index < -0.39 is 0 Å². The molecule has 1 rings (SSSR count). The van der Waals surface area contributed by atoms with E-state index >= 15 is 0 Å². The molecule has 0 amide bonds. The number of aliphatic hydroxyl groups excluding tert-OH is 1. The van der Waals surface area contributed by atoms with Crippen molar-refractivity contribution < 1.29 is 5.11 Å². The van der Waals surface area contributed by atoms with Gasteiger partial charge in [0.25, 0.3) is 0 Å².